The van der Waals surface area contributed by atoms with Crippen LogP contribution in [0.2, 0.25) is 0 Å². The molecule has 0 N–H and O–H groups in total. The highest BCUT2D eigenvalue weighted by Crippen LogP contribution is 2.48. The number of amides is 1. The fraction of sp³-hybridized carbons (Fsp3) is 0.304. The summed E-state index contributed by atoms with van der Waals surface area (Å²) in [6.07, 6.45) is -0.402. The van der Waals surface area contributed by atoms with Crippen LogP contribution in [0.25, 0.3) is 11.0 Å². The van der Waals surface area contributed by atoms with Crippen molar-refractivity contribution in [2.45, 2.75) is 26.9 Å². The van der Waals surface area contributed by atoms with E-state index >= 15 is 0 Å². The predicted octanol–water partition coefficient (Wildman–Crippen LogP) is 4.59. The first-order valence-corrected chi connectivity index (χ1v) is 11.9. The number of carbonyl (C=O) groups excluding carboxylic acids is 1. The van der Waals surface area contributed by atoms with Crippen LogP contribution >= 0.6 is 7.60 Å². The van der Waals surface area contributed by atoms with E-state index in [2.05, 4.69) is 0 Å². The van der Waals surface area contributed by atoms with Gasteiger partial charge < -0.3 is 18.4 Å². The van der Waals surface area contributed by atoms with Gasteiger partial charge in [-0.3, -0.25) is 9.36 Å². The Labute approximate surface area is 181 Å². The SMILES string of the molecule is CCOP(=O)(CC(=O)N(Cc1ccccc1)Cc1cc2ccccc2oc1=O)OCC. The van der Waals surface area contributed by atoms with Crippen LogP contribution < -0.4 is 5.63 Å². The molecule has 0 saturated carbocycles. The Kier molecular flexibility index (Phi) is 7.80. The van der Waals surface area contributed by atoms with Gasteiger partial charge in [-0.25, -0.2) is 4.79 Å². The molecule has 0 unspecified atom stereocenters. The number of nitrogens with zero attached hydrogens (tertiary/aromatic N) is 1. The van der Waals surface area contributed by atoms with E-state index < -0.39 is 25.3 Å². The minimum atomic E-state index is -3.58. The predicted molar refractivity (Wildman–Crippen MR) is 119 cm³/mol. The molecule has 1 heterocycles. The molecule has 3 aromatic rings. The van der Waals surface area contributed by atoms with E-state index in [1.165, 1.54) is 4.90 Å². The van der Waals surface area contributed by atoms with Crippen molar-refractivity contribution in [3.8, 4) is 0 Å². The highest BCUT2D eigenvalue weighted by atomic mass is 31.2. The van der Waals surface area contributed by atoms with Crippen LogP contribution in [-0.4, -0.2) is 30.2 Å². The zero-order valence-electron chi connectivity index (χ0n) is 17.7. The van der Waals surface area contributed by atoms with E-state index in [1.807, 2.05) is 42.5 Å². The molecule has 0 bridgehead atoms. The van der Waals surface area contributed by atoms with Gasteiger partial charge in [0, 0.05) is 11.9 Å². The summed E-state index contributed by atoms with van der Waals surface area (Å²) in [4.78, 5) is 27.2. The second-order valence-corrected chi connectivity index (χ2v) is 8.99. The third kappa shape index (κ3) is 6.14. The second kappa shape index (κ2) is 10.5. The third-order valence-corrected chi connectivity index (χ3v) is 6.59. The molecule has 0 aliphatic rings. The van der Waals surface area contributed by atoms with E-state index in [0.29, 0.717) is 11.1 Å². The maximum absolute atomic E-state index is 13.2. The average molecular weight is 443 g/mol. The van der Waals surface area contributed by atoms with Gasteiger partial charge in [0.05, 0.1) is 25.3 Å². The van der Waals surface area contributed by atoms with Gasteiger partial charge in [0.25, 0.3) is 0 Å². The van der Waals surface area contributed by atoms with E-state index in [1.54, 1.807) is 32.0 Å². The molecule has 0 atom stereocenters. The number of hydrogen-bond donors (Lipinski definition) is 0. The van der Waals surface area contributed by atoms with Crippen LogP contribution in [0.5, 0.6) is 0 Å². The lowest BCUT2D eigenvalue weighted by atomic mass is 10.1. The molecule has 0 fully saturated rings. The summed E-state index contributed by atoms with van der Waals surface area (Å²) in [7, 11) is -3.58. The van der Waals surface area contributed by atoms with Crippen molar-refractivity contribution in [3.63, 3.8) is 0 Å². The number of para-hydroxylation sites is 1. The Morgan fingerprint density at radius 3 is 2.29 bits per heavy atom. The van der Waals surface area contributed by atoms with Crippen molar-refractivity contribution in [3.05, 3.63) is 82.2 Å². The first-order chi connectivity index (χ1) is 14.9. The van der Waals surface area contributed by atoms with Crippen LogP contribution in [0, 0.1) is 0 Å². The van der Waals surface area contributed by atoms with Gasteiger partial charge in [-0.05, 0) is 31.5 Å². The maximum Gasteiger partial charge on any atom is 0.341 e. The van der Waals surface area contributed by atoms with Gasteiger partial charge in [0.15, 0.2) is 0 Å². The molecule has 31 heavy (non-hydrogen) atoms. The lowest BCUT2D eigenvalue weighted by molar-refractivity contribution is -0.130. The van der Waals surface area contributed by atoms with Gasteiger partial charge >= 0.3 is 13.2 Å². The highest BCUT2D eigenvalue weighted by Gasteiger charge is 2.31. The summed E-state index contributed by atoms with van der Waals surface area (Å²) < 4.78 is 28.9. The normalized spacial score (nSPS) is 11.5. The number of fused-ring (bicyclic) bond motifs is 1. The van der Waals surface area contributed by atoms with Crippen LogP contribution in [-0.2, 0) is 31.5 Å². The maximum atomic E-state index is 13.2. The summed E-state index contributed by atoms with van der Waals surface area (Å²) in [6, 6.07) is 18.3. The summed E-state index contributed by atoms with van der Waals surface area (Å²) in [6.45, 7) is 3.97. The molecule has 1 aromatic heterocycles. The Morgan fingerprint density at radius 2 is 1.61 bits per heavy atom. The standard InChI is InChI=1S/C23H26NO6P/c1-3-28-31(27,29-4-2)17-22(25)24(15-18-10-6-5-7-11-18)16-20-14-19-12-8-9-13-21(19)30-23(20)26/h5-14H,3-4,15-17H2,1-2H3. The van der Waals surface area contributed by atoms with Gasteiger partial charge in [-0.15, -0.1) is 0 Å². The lowest BCUT2D eigenvalue weighted by Crippen LogP contribution is -2.34. The summed E-state index contributed by atoms with van der Waals surface area (Å²) in [5.41, 5.74) is 1.19. The first-order valence-electron chi connectivity index (χ1n) is 10.2. The van der Waals surface area contributed by atoms with Crippen molar-refractivity contribution in [2.75, 3.05) is 19.4 Å². The molecule has 0 spiro atoms. The Bertz CT molecular complexity index is 1120. The van der Waals surface area contributed by atoms with Crippen LogP contribution in [0.3, 0.4) is 0 Å². The molecule has 0 saturated heterocycles. The summed E-state index contributed by atoms with van der Waals surface area (Å²) in [5, 5.41) is 0.763. The highest BCUT2D eigenvalue weighted by molar-refractivity contribution is 7.54. The molecule has 0 aliphatic heterocycles. The van der Waals surface area contributed by atoms with E-state index in [-0.39, 0.29) is 26.3 Å². The molecule has 2 aromatic carbocycles. The van der Waals surface area contributed by atoms with E-state index in [4.69, 9.17) is 13.5 Å². The summed E-state index contributed by atoms with van der Waals surface area (Å²) >= 11 is 0. The zero-order chi connectivity index (χ0) is 22.3. The third-order valence-electron chi connectivity index (χ3n) is 4.62. The molecule has 3 rings (SSSR count). The molecule has 0 aliphatic carbocycles. The van der Waals surface area contributed by atoms with Gasteiger partial charge in [-0.1, -0.05) is 48.5 Å². The monoisotopic (exact) mass is 443 g/mol. The molecular formula is C23H26NO6P. The number of rotatable bonds is 10. The molecule has 164 valence electrons. The fourth-order valence-corrected chi connectivity index (χ4v) is 4.82. The van der Waals surface area contributed by atoms with Crippen molar-refractivity contribution < 1.29 is 22.8 Å². The topological polar surface area (TPSA) is 86.1 Å². The fourth-order valence-electron chi connectivity index (χ4n) is 3.24. The van der Waals surface area contributed by atoms with Gasteiger partial charge in [0.1, 0.15) is 11.7 Å². The molecule has 7 nitrogen and oxygen atoms in total. The second-order valence-electron chi connectivity index (χ2n) is 6.94. The quantitative estimate of drug-likeness (QED) is 0.337. The number of benzene rings is 2. The lowest BCUT2D eigenvalue weighted by Gasteiger charge is -2.25. The van der Waals surface area contributed by atoms with E-state index in [9.17, 15) is 14.2 Å². The number of hydrogen-bond acceptors (Lipinski definition) is 6. The largest absolute Gasteiger partial charge is 0.422 e. The molecule has 1 amide bonds. The Balaban J connectivity index is 1.91. The molecule has 0 radical (unpaired) electrons. The average Bonchev–Trinajstić information content (AvgIpc) is 2.74. The number of carbonyl (C=O) groups is 1. The van der Waals surface area contributed by atoms with Crippen molar-refractivity contribution in [1.82, 2.24) is 4.90 Å². The molecule has 8 heteroatoms. The smallest absolute Gasteiger partial charge is 0.341 e. The van der Waals surface area contributed by atoms with Crippen LogP contribution in [0.4, 0.5) is 0 Å². The first kappa shape index (κ1) is 22.9. The minimum Gasteiger partial charge on any atom is -0.422 e. The minimum absolute atomic E-state index is 0.0130. The summed E-state index contributed by atoms with van der Waals surface area (Å²) in [5.74, 6) is -0.429. The van der Waals surface area contributed by atoms with Crippen LogP contribution in [0.15, 0.2) is 69.9 Å². The van der Waals surface area contributed by atoms with Crippen molar-refractivity contribution in [1.29, 1.82) is 0 Å². The Hall–Kier alpha value is -2.73. The van der Waals surface area contributed by atoms with Crippen LogP contribution in [0.1, 0.15) is 25.0 Å². The van der Waals surface area contributed by atoms with Crippen molar-refractivity contribution >= 4 is 24.5 Å². The zero-order valence-corrected chi connectivity index (χ0v) is 18.5. The molecular weight excluding hydrogens is 417 g/mol. The van der Waals surface area contributed by atoms with Gasteiger partial charge in [0.2, 0.25) is 5.91 Å². The van der Waals surface area contributed by atoms with Gasteiger partial charge in [-0.2, -0.15) is 0 Å². The van der Waals surface area contributed by atoms with E-state index in [0.717, 1.165) is 10.9 Å². The van der Waals surface area contributed by atoms with Crippen molar-refractivity contribution in [2.24, 2.45) is 0 Å². The Morgan fingerprint density at radius 1 is 0.968 bits per heavy atom.